The molecular formula is C21H18N4O4S. The quantitative estimate of drug-likeness (QED) is 0.343. The van der Waals surface area contributed by atoms with Gasteiger partial charge in [0.2, 0.25) is 5.91 Å². The highest BCUT2D eigenvalue weighted by Gasteiger charge is 2.41. The molecule has 2 aromatic carbocycles. The Morgan fingerprint density at radius 2 is 2.03 bits per heavy atom. The normalized spacial score (nSPS) is 17.4. The largest absolute Gasteiger partial charge is 0.354 e. The van der Waals surface area contributed by atoms with E-state index in [0.717, 1.165) is 17.3 Å². The third kappa shape index (κ3) is 4.04. The first-order chi connectivity index (χ1) is 14.4. The van der Waals surface area contributed by atoms with Gasteiger partial charge in [0, 0.05) is 19.2 Å². The van der Waals surface area contributed by atoms with E-state index < -0.39 is 16.1 Å². The second-order valence-electron chi connectivity index (χ2n) is 6.57. The molecule has 2 aromatic rings. The van der Waals surface area contributed by atoms with Gasteiger partial charge in [0.05, 0.1) is 15.9 Å². The second kappa shape index (κ2) is 8.80. The van der Waals surface area contributed by atoms with Crippen molar-refractivity contribution in [1.82, 2.24) is 5.32 Å². The molecule has 30 heavy (non-hydrogen) atoms. The van der Waals surface area contributed by atoms with Crippen molar-refractivity contribution < 1.29 is 14.5 Å². The molecule has 1 atom stereocenters. The Morgan fingerprint density at radius 1 is 1.30 bits per heavy atom. The molecule has 1 N–H and O–H groups in total. The van der Waals surface area contributed by atoms with E-state index in [4.69, 9.17) is 0 Å². The first-order valence-electron chi connectivity index (χ1n) is 9.03. The van der Waals surface area contributed by atoms with Crippen molar-refractivity contribution in [3.63, 3.8) is 0 Å². The molecule has 2 amide bonds. The summed E-state index contributed by atoms with van der Waals surface area (Å²) in [5.41, 5.74) is 1.81. The number of nitrogens with zero attached hydrogens (tertiary/aromatic N) is 3. The predicted octanol–water partition coefficient (Wildman–Crippen LogP) is 3.08. The predicted molar refractivity (Wildman–Crippen MR) is 114 cm³/mol. The summed E-state index contributed by atoms with van der Waals surface area (Å²) in [5, 5.41) is 22.7. The Morgan fingerprint density at radius 3 is 2.67 bits per heavy atom. The molecule has 1 aliphatic heterocycles. The lowest BCUT2D eigenvalue weighted by molar-refractivity contribution is -0.384. The molecule has 0 unspecified atom stereocenters. The van der Waals surface area contributed by atoms with Gasteiger partial charge >= 0.3 is 0 Å². The lowest BCUT2D eigenvalue weighted by atomic mass is 10.1. The number of hydrogen-bond acceptors (Lipinski definition) is 6. The number of nitro groups is 1. The van der Waals surface area contributed by atoms with Gasteiger partial charge in [0.1, 0.15) is 16.7 Å². The van der Waals surface area contributed by atoms with E-state index in [-0.39, 0.29) is 28.6 Å². The van der Waals surface area contributed by atoms with Crippen LogP contribution < -0.4 is 10.2 Å². The molecule has 8 nitrogen and oxygen atoms in total. The smallest absolute Gasteiger partial charge is 0.269 e. The Kier molecular flexibility index (Phi) is 6.18. The zero-order chi connectivity index (χ0) is 21.8. The topological polar surface area (TPSA) is 116 Å². The van der Waals surface area contributed by atoms with Crippen molar-refractivity contribution in [2.24, 2.45) is 0 Å². The number of nitrogens with one attached hydrogen (secondary N) is 1. The summed E-state index contributed by atoms with van der Waals surface area (Å²) >= 11 is 1.12. The van der Waals surface area contributed by atoms with Gasteiger partial charge in [0.15, 0.2) is 0 Å². The Balaban J connectivity index is 2.06. The molecule has 0 radical (unpaired) electrons. The van der Waals surface area contributed by atoms with Crippen LogP contribution in [-0.4, -0.2) is 29.0 Å². The van der Waals surface area contributed by atoms with Crippen molar-refractivity contribution in [3.05, 3.63) is 80.4 Å². The van der Waals surface area contributed by atoms with E-state index >= 15 is 0 Å². The van der Waals surface area contributed by atoms with Gasteiger partial charge in [0.25, 0.3) is 11.6 Å². The van der Waals surface area contributed by atoms with E-state index in [1.54, 1.807) is 24.3 Å². The number of aryl methyl sites for hydroxylation is 1. The minimum absolute atomic E-state index is 0.0578. The van der Waals surface area contributed by atoms with Crippen molar-refractivity contribution in [3.8, 4) is 6.07 Å². The van der Waals surface area contributed by atoms with Crippen LogP contribution in [-0.2, 0) is 16.0 Å². The van der Waals surface area contributed by atoms with Gasteiger partial charge in [-0.2, -0.15) is 5.26 Å². The van der Waals surface area contributed by atoms with Crippen LogP contribution in [0.5, 0.6) is 0 Å². The number of rotatable bonds is 5. The highest BCUT2D eigenvalue weighted by molar-refractivity contribution is 8.05. The first-order valence-corrected chi connectivity index (χ1v) is 9.91. The molecule has 1 heterocycles. The number of amides is 2. The van der Waals surface area contributed by atoms with Gasteiger partial charge < -0.3 is 5.32 Å². The fourth-order valence-electron chi connectivity index (χ4n) is 3.16. The summed E-state index contributed by atoms with van der Waals surface area (Å²) in [6.45, 7) is 1.84. The van der Waals surface area contributed by atoms with Gasteiger partial charge in [-0.3, -0.25) is 24.6 Å². The van der Waals surface area contributed by atoms with Crippen LogP contribution in [0.25, 0.3) is 0 Å². The van der Waals surface area contributed by atoms with Crippen LogP contribution >= 0.6 is 11.8 Å². The first kappa shape index (κ1) is 21.1. The number of para-hydroxylation sites is 1. The van der Waals surface area contributed by atoms with Crippen LogP contribution in [0.1, 0.15) is 11.1 Å². The Labute approximate surface area is 177 Å². The number of hydrogen-bond donors (Lipinski definition) is 1. The molecule has 0 aromatic heterocycles. The maximum absolute atomic E-state index is 13.3. The summed E-state index contributed by atoms with van der Waals surface area (Å²) in [5.74, 6) is -0.866. The number of non-ortho nitro benzene ring substituents is 1. The summed E-state index contributed by atoms with van der Waals surface area (Å²) in [7, 11) is 1.42. The minimum atomic E-state index is -0.630. The zero-order valence-corrected chi connectivity index (χ0v) is 17.1. The maximum Gasteiger partial charge on any atom is 0.269 e. The standard InChI is InChI=1S/C21H18N4O4S/c1-13-6-3-4-9-17(13)24-20(27)18(30-21(24)16(12-22)19(26)23-2)11-14-7-5-8-15(10-14)25(28)29/h3-10,18H,11H2,1-2H3,(H,23,26)/b21-16+/t18-/m1/s1. The third-order valence-corrected chi connectivity index (χ3v) is 5.89. The van der Waals surface area contributed by atoms with Gasteiger partial charge in [-0.25, -0.2) is 0 Å². The Hall–Kier alpha value is -3.64. The van der Waals surface area contributed by atoms with E-state index in [0.29, 0.717) is 11.3 Å². The number of benzene rings is 2. The van der Waals surface area contributed by atoms with Crippen LogP contribution in [0.3, 0.4) is 0 Å². The van der Waals surface area contributed by atoms with Crippen molar-refractivity contribution in [2.45, 2.75) is 18.6 Å². The van der Waals surface area contributed by atoms with Crippen molar-refractivity contribution in [2.75, 3.05) is 11.9 Å². The maximum atomic E-state index is 13.3. The summed E-state index contributed by atoms with van der Waals surface area (Å²) in [4.78, 5) is 37.5. The lowest BCUT2D eigenvalue weighted by Gasteiger charge is -2.20. The molecule has 3 rings (SSSR count). The van der Waals surface area contributed by atoms with Gasteiger partial charge in [-0.15, -0.1) is 0 Å². The molecule has 9 heteroatoms. The fourth-order valence-corrected chi connectivity index (χ4v) is 4.46. The lowest BCUT2D eigenvalue weighted by Crippen LogP contribution is -2.31. The number of carbonyl (C=O) groups is 2. The van der Waals surface area contributed by atoms with Crippen LogP contribution in [0.2, 0.25) is 0 Å². The zero-order valence-electron chi connectivity index (χ0n) is 16.3. The summed E-state index contributed by atoms with van der Waals surface area (Å²) in [6.07, 6.45) is 0.226. The van der Waals surface area contributed by atoms with E-state index in [1.807, 2.05) is 25.1 Å². The number of nitro benzene ring substituents is 1. The summed E-state index contributed by atoms with van der Waals surface area (Å²) in [6, 6.07) is 15.2. The van der Waals surface area contributed by atoms with Gasteiger partial charge in [-0.1, -0.05) is 42.1 Å². The number of carbonyl (C=O) groups excluding carboxylic acids is 2. The highest BCUT2D eigenvalue weighted by Crippen LogP contribution is 2.42. The van der Waals surface area contributed by atoms with Crippen LogP contribution in [0, 0.1) is 28.4 Å². The van der Waals surface area contributed by atoms with E-state index in [1.165, 1.54) is 24.1 Å². The molecule has 0 bridgehead atoms. The number of thioether (sulfide) groups is 1. The molecule has 0 spiro atoms. The molecule has 0 saturated carbocycles. The van der Waals surface area contributed by atoms with Crippen LogP contribution in [0.15, 0.2) is 59.1 Å². The molecule has 152 valence electrons. The molecule has 1 fully saturated rings. The minimum Gasteiger partial charge on any atom is -0.354 e. The van der Waals surface area contributed by atoms with Crippen molar-refractivity contribution >= 4 is 35.0 Å². The fraction of sp³-hybridized carbons (Fsp3) is 0.190. The second-order valence-corrected chi connectivity index (χ2v) is 7.76. The average Bonchev–Trinajstić information content (AvgIpc) is 3.04. The van der Waals surface area contributed by atoms with E-state index in [9.17, 15) is 25.0 Å². The third-order valence-electron chi connectivity index (χ3n) is 4.63. The number of anilines is 1. The highest BCUT2D eigenvalue weighted by atomic mass is 32.2. The van der Waals surface area contributed by atoms with Gasteiger partial charge in [-0.05, 0) is 30.5 Å². The number of nitriles is 1. The Bertz CT molecular complexity index is 1110. The SMILES string of the molecule is CNC(=O)/C(C#N)=C1/S[C@H](Cc2cccc([N+](=O)[O-])c2)C(=O)N1c1ccccc1C. The molecule has 1 aliphatic rings. The van der Waals surface area contributed by atoms with E-state index in [2.05, 4.69) is 5.32 Å². The summed E-state index contributed by atoms with van der Waals surface area (Å²) < 4.78 is 0. The monoisotopic (exact) mass is 422 g/mol. The number of likely N-dealkylation sites (N-methyl/N-ethyl adjacent to an activating group) is 1. The average molecular weight is 422 g/mol. The van der Waals surface area contributed by atoms with Crippen LogP contribution in [0.4, 0.5) is 11.4 Å². The molecule has 0 aliphatic carbocycles. The van der Waals surface area contributed by atoms with Crippen molar-refractivity contribution in [1.29, 1.82) is 5.26 Å². The molecule has 1 saturated heterocycles. The molecular weight excluding hydrogens is 404 g/mol.